The highest BCUT2D eigenvalue weighted by molar-refractivity contribution is 7.89. The van der Waals surface area contributed by atoms with E-state index in [2.05, 4.69) is 10.0 Å². The van der Waals surface area contributed by atoms with Crippen molar-refractivity contribution in [3.63, 3.8) is 0 Å². The molecule has 0 aliphatic carbocycles. The Kier molecular flexibility index (Phi) is 8.17. The van der Waals surface area contributed by atoms with E-state index in [1.165, 1.54) is 24.3 Å². The highest BCUT2D eigenvalue weighted by Crippen LogP contribution is 2.17. The molecule has 172 valence electrons. The third-order valence-electron chi connectivity index (χ3n) is 4.49. The van der Waals surface area contributed by atoms with E-state index in [4.69, 9.17) is 9.47 Å². The second kappa shape index (κ2) is 11.3. The van der Waals surface area contributed by atoms with Crippen molar-refractivity contribution in [2.24, 2.45) is 0 Å². The molecule has 0 saturated heterocycles. The van der Waals surface area contributed by atoms with Gasteiger partial charge in [-0.2, -0.15) is 0 Å². The van der Waals surface area contributed by atoms with E-state index in [0.29, 0.717) is 17.0 Å². The van der Waals surface area contributed by atoms with E-state index in [9.17, 15) is 18.0 Å². The minimum Gasteiger partial charge on any atom is -0.484 e. The lowest BCUT2D eigenvalue weighted by molar-refractivity contribution is -0.118. The molecule has 33 heavy (non-hydrogen) atoms. The molecule has 0 unspecified atom stereocenters. The number of benzene rings is 3. The van der Waals surface area contributed by atoms with E-state index >= 15 is 0 Å². The molecule has 3 rings (SSSR count). The Morgan fingerprint density at radius 2 is 1.55 bits per heavy atom. The monoisotopic (exact) mass is 468 g/mol. The fraction of sp³-hybridized carbons (Fsp3) is 0.167. The minimum absolute atomic E-state index is 0.0944. The zero-order valence-corrected chi connectivity index (χ0v) is 18.8. The molecule has 3 aromatic rings. The van der Waals surface area contributed by atoms with Gasteiger partial charge in [0.05, 0.1) is 17.1 Å². The van der Waals surface area contributed by atoms with Gasteiger partial charge in [0.15, 0.2) is 6.61 Å². The zero-order chi connectivity index (χ0) is 23.7. The molecule has 0 radical (unpaired) electrons. The van der Waals surface area contributed by atoms with Crippen LogP contribution in [0.3, 0.4) is 0 Å². The molecule has 0 aliphatic heterocycles. The van der Waals surface area contributed by atoms with E-state index in [-0.39, 0.29) is 24.7 Å². The fourth-order valence-electron chi connectivity index (χ4n) is 2.82. The predicted octanol–water partition coefficient (Wildman–Crippen LogP) is 3.36. The largest absolute Gasteiger partial charge is 0.484 e. The van der Waals surface area contributed by atoms with Gasteiger partial charge in [0.1, 0.15) is 5.75 Å². The van der Waals surface area contributed by atoms with Crippen molar-refractivity contribution in [2.45, 2.75) is 18.4 Å². The van der Waals surface area contributed by atoms with Crippen LogP contribution in [-0.4, -0.2) is 33.5 Å². The summed E-state index contributed by atoms with van der Waals surface area (Å²) in [6.45, 7) is 1.92. The van der Waals surface area contributed by atoms with Gasteiger partial charge in [-0.05, 0) is 61.0 Å². The normalized spacial score (nSPS) is 10.9. The maximum Gasteiger partial charge on any atom is 0.338 e. The SMILES string of the molecule is CCOC(=O)c1ccc(NC(=O)COc2ccc(S(=O)(=O)NCc3ccccc3)cc2)cc1. The van der Waals surface area contributed by atoms with Crippen molar-refractivity contribution in [3.05, 3.63) is 90.0 Å². The third kappa shape index (κ3) is 7.16. The highest BCUT2D eigenvalue weighted by atomic mass is 32.2. The quantitative estimate of drug-likeness (QED) is 0.442. The molecule has 9 heteroatoms. The number of carbonyl (C=O) groups is 2. The van der Waals surface area contributed by atoms with E-state index in [0.717, 1.165) is 5.56 Å². The summed E-state index contributed by atoms with van der Waals surface area (Å²) in [5, 5.41) is 2.66. The average molecular weight is 469 g/mol. The summed E-state index contributed by atoms with van der Waals surface area (Å²) in [6.07, 6.45) is 0. The van der Waals surface area contributed by atoms with E-state index in [1.54, 1.807) is 31.2 Å². The topological polar surface area (TPSA) is 111 Å². The van der Waals surface area contributed by atoms with Crippen LogP contribution in [-0.2, 0) is 26.1 Å². The molecule has 0 saturated carbocycles. The number of hydrogen-bond donors (Lipinski definition) is 2. The van der Waals surface area contributed by atoms with Gasteiger partial charge in [-0.15, -0.1) is 0 Å². The summed E-state index contributed by atoms with van der Waals surface area (Å²) in [7, 11) is -3.68. The van der Waals surface area contributed by atoms with Crippen LogP contribution in [0.25, 0.3) is 0 Å². The molecule has 2 N–H and O–H groups in total. The number of hydrogen-bond acceptors (Lipinski definition) is 6. The Morgan fingerprint density at radius 3 is 2.18 bits per heavy atom. The Hall–Kier alpha value is -3.69. The van der Waals surface area contributed by atoms with Gasteiger partial charge in [0.25, 0.3) is 5.91 Å². The van der Waals surface area contributed by atoms with Crippen molar-refractivity contribution in [1.29, 1.82) is 0 Å². The number of carbonyl (C=O) groups excluding carboxylic acids is 2. The highest BCUT2D eigenvalue weighted by Gasteiger charge is 2.14. The molecular formula is C24H24N2O6S. The number of sulfonamides is 1. The van der Waals surface area contributed by atoms with Crippen LogP contribution in [0.15, 0.2) is 83.8 Å². The molecule has 0 heterocycles. The number of esters is 1. The summed E-state index contributed by atoms with van der Waals surface area (Å²) in [4.78, 5) is 23.9. The molecule has 0 bridgehead atoms. The molecule has 0 aliphatic rings. The molecule has 0 atom stereocenters. The van der Waals surface area contributed by atoms with Crippen molar-refractivity contribution in [2.75, 3.05) is 18.5 Å². The van der Waals surface area contributed by atoms with Gasteiger partial charge in [-0.1, -0.05) is 30.3 Å². The smallest absolute Gasteiger partial charge is 0.338 e. The molecule has 0 aromatic heterocycles. The number of anilines is 1. The van der Waals surface area contributed by atoms with E-state index < -0.39 is 21.9 Å². The van der Waals surface area contributed by atoms with Gasteiger partial charge in [-0.25, -0.2) is 17.9 Å². The van der Waals surface area contributed by atoms with Gasteiger partial charge in [0.2, 0.25) is 10.0 Å². The number of ether oxygens (including phenoxy) is 2. The molecule has 0 fully saturated rings. The van der Waals surface area contributed by atoms with Gasteiger partial charge in [-0.3, -0.25) is 4.79 Å². The fourth-order valence-corrected chi connectivity index (χ4v) is 3.84. The standard InChI is InChI=1S/C24H24N2O6S/c1-2-31-24(28)19-8-10-20(11-9-19)26-23(27)17-32-21-12-14-22(15-13-21)33(29,30)25-16-18-6-4-3-5-7-18/h3-15,25H,2,16-17H2,1H3,(H,26,27). The van der Waals surface area contributed by atoms with Crippen LogP contribution < -0.4 is 14.8 Å². The van der Waals surface area contributed by atoms with Gasteiger partial charge < -0.3 is 14.8 Å². The lowest BCUT2D eigenvalue weighted by Crippen LogP contribution is -2.23. The van der Waals surface area contributed by atoms with Crippen molar-refractivity contribution in [3.8, 4) is 5.75 Å². The van der Waals surface area contributed by atoms with Gasteiger partial charge >= 0.3 is 5.97 Å². The van der Waals surface area contributed by atoms with Crippen LogP contribution in [0.2, 0.25) is 0 Å². The average Bonchev–Trinajstić information content (AvgIpc) is 2.83. The lowest BCUT2D eigenvalue weighted by Gasteiger charge is -2.10. The Bertz CT molecular complexity index is 1180. The Morgan fingerprint density at radius 1 is 0.879 bits per heavy atom. The third-order valence-corrected chi connectivity index (χ3v) is 5.91. The van der Waals surface area contributed by atoms with Crippen LogP contribution in [0.1, 0.15) is 22.8 Å². The molecule has 8 nitrogen and oxygen atoms in total. The Labute approximate surface area is 192 Å². The molecule has 3 aromatic carbocycles. The Balaban J connectivity index is 1.49. The molecule has 0 spiro atoms. The number of rotatable bonds is 10. The zero-order valence-electron chi connectivity index (χ0n) is 18.0. The lowest BCUT2D eigenvalue weighted by atomic mass is 10.2. The second-order valence-corrected chi connectivity index (χ2v) is 8.68. The molecule has 1 amide bonds. The summed E-state index contributed by atoms with van der Waals surface area (Å²) in [5.74, 6) is -0.482. The summed E-state index contributed by atoms with van der Waals surface area (Å²) in [5.41, 5.74) is 1.74. The summed E-state index contributed by atoms with van der Waals surface area (Å²) >= 11 is 0. The predicted molar refractivity (Wildman–Crippen MR) is 123 cm³/mol. The first-order valence-electron chi connectivity index (χ1n) is 10.2. The number of nitrogens with one attached hydrogen (secondary N) is 2. The maximum absolute atomic E-state index is 12.4. The number of amides is 1. The van der Waals surface area contributed by atoms with Crippen LogP contribution in [0, 0.1) is 0 Å². The minimum atomic E-state index is -3.68. The van der Waals surface area contributed by atoms with Crippen LogP contribution >= 0.6 is 0 Å². The second-order valence-electron chi connectivity index (χ2n) is 6.92. The summed E-state index contributed by atoms with van der Waals surface area (Å²) < 4.78 is 37.8. The summed E-state index contributed by atoms with van der Waals surface area (Å²) in [6, 6.07) is 21.3. The maximum atomic E-state index is 12.4. The van der Waals surface area contributed by atoms with E-state index in [1.807, 2.05) is 30.3 Å². The first kappa shape index (κ1) is 24.0. The van der Waals surface area contributed by atoms with Crippen LogP contribution in [0.4, 0.5) is 5.69 Å². The van der Waals surface area contributed by atoms with Crippen LogP contribution in [0.5, 0.6) is 5.75 Å². The first-order chi connectivity index (χ1) is 15.9. The van der Waals surface area contributed by atoms with Crippen molar-refractivity contribution < 1.29 is 27.5 Å². The molecular weight excluding hydrogens is 444 g/mol. The van der Waals surface area contributed by atoms with Crippen molar-refractivity contribution in [1.82, 2.24) is 4.72 Å². The van der Waals surface area contributed by atoms with Gasteiger partial charge in [0, 0.05) is 12.2 Å². The van der Waals surface area contributed by atoms with Crippen molar-refractivity contribution >= 4 is 27.6 Å². The first-order valence-corrected chi connectivity index (χ1v) is 11.7.